The molecule has 0 unspecified atom stereocenters. The van der Waals surface area contributed by atoms with Crippen molar-refractivity contribution in [3.8, 4) is 0 Å². The summed E-state index contributed by atoms with van der Waals surface area (Å²) in [5, 5.41) is 0.147. The fourth-order valence-electron chi connectivity index (χ4n) is 1.88. The number of anilines is 1. The first-order valence-electron chi connectivity index (χ1n) is 6.48. The van der Waals surface area contributed by atoms with Crippen LogP contribution in [0.1, 0.15) is 18.4 Å². The van der Waals surface area contributed by atoms with Crippen molar-refractivity contribution in [2.24, 2.45) is 5.73 Å². The molecule has 0 saturated carbocycles. The third-order valence-corrected chi connectivity index (χ3v) is 5.10. The van der Waals surface area contributed by atoms with Crippen molar-refractivity contribution >= 4 is 33.2 Å². The quantitative estimate of drug-likeness (QED) is 0.878. The van der Waals surface area contributed by atoms with Crippen molar-refractivity contribution in [1.29, 1.82) is 0 Å². The van der Waals surface area contributed by atoms with E-state index in [0.717, 1.165) is 0 Å². The second kappa shape index (κ2) is 6.37. The van der Waals surface area contributed by atoms with Crippen LogP contribution in [0, 0.1) is 0 Å². The van der Waals surface area contributed by atoms with Crippen LogP contribution in [0.4, 0.5) is 5.69 Å². The minimum atomic E-state index is -3.77. The van der Waals surface area contributed by atoms with Gasteiger partial charge in [0.05, 0.1) is 10.9 Å². The fraction of sp³-hybridized carbons (Fsp3) is 0.133. The summed E-state index contributed by atoms with van der Waals surface area (Å²) in [7, 11) is -3.77. The maximum Gasteiger partial charge on any atom is 0.263 e. The van der Waals surface area contributed by atoms with E-state index < -0.39 is 21.8 Å². The minimum absolute atomic E-state index is 0.00578. The zero-order chi connectivity index (χ0) is 16.3. The molecule has 5 nitrogen and oxygen atoms in total. The minimum Gasteiger partial charge on any atom is -0.369 e. The van der Waals surface area contributed by atoms with E-state index in [2.05, 4.69) is 4.72 Å². The van der Waals surface area contributed by atoms with Crippen LogP contribution in [0.3, 0.4) is 0 Å². The van der Waals surface area contributed by atoms with E-state index in [0.29, 0.717) is 11.3 Å². The van der Waals surface area contributed by atoms with Gasteiger partial charge in [0.25, 0.3) is 10.0 Å². The summed E-state index contributed by atoms with van der Waals surface area (Å²) in [4.78, 5) is 11.1. The molecule has 0 aliphatic rings. The molecule has 22 heavy (non-hydrogen) atoms. The molecule has 7 heteroatoms. The molecule has 2 aromatic carbocycles. The first kappa shape index (κ1) is 16.3. The average molecular weight is 339 g/mol. The summed E-state index contributed by atoms with van der Waals surface area (Å²) in [6.07, 6.45) is 0. The van der Waals surface area contributed by atoms with E-state index in [1.807, 2.05) is 0 Å². The van der Waals surface area contributed by atoms with Crippen LogP contribution in [0.15, 0.2) is 53.4 Å². The molecule has 0 aromatic heterocycles. The Hall–Kier alpha value is -2.05. The predicted octanol–water partition coefficient (Wildman–Crippen LogP) is 2.73. The Kier molecular flexibility index (Phi) is 4.73. The van der Waals surface area contributed by atoms with Crippen LogP contribution >= 0.6 is 11.6 Å². The summed E-state index contributed by atoms with van der Waals surface area (Å²) in [6.45, 7) is 1.69. The number of rotatable bonds is 5. The second-order valence-electron chi connectivity index (χ2n) is 4.78. The van der Waals surface area contributed by atoms with Gasteiger partial charge in [-0.1, -0.05) is 35.9 Å². The third kappa shape index (κ3) is 3.58. The first-order chi connectivity index (χ1) is 10.3. The maximum absolute atomic E-state index is 12.3. The SMILES string of the molecule is C[C@@H](C(N)=O)c1ccc(NS(=O)(=O)c2ccccc2Cl)cc1. The summed E-state index contributed by atoms with van der Waals surface area (Å²) in [6, 6.07) is 12.6. The average Bonchev–Trinajstić information content (AvgIpc) is 2.47. The third-order valence-electron chi connectivity index (χ3n) is 3.22. The zero-order valence-corrected chi connectivity index (χ0v) is 13.4. The van der Waals surface area contributed by atoms with Gasteiger partial charge in [-0.25, -0.2) is 8.42 Å². The van der Waals surface area contributed by atoms with Crippen LogP contribution in [0.2, 0.25) is 5.02 Å². The van der Waals surface area contributed by atoms with Crippen LogP contribution in [0.5, 0.6) is 0 Å². The molecular formula is C15H15ClN2O3S. The van der Waals surface area contributed by atoms with Crippen molar-refractivity contribution in [2.45, 2.75) is 17.7 Å². The van der Waals surface area contributed by atoms with Gasteiger partial charge < -0.3 is 5.73 Å². The Morgan fingerprint density at radius 2 is 1.73 bits per heavy atom. The number of carbonyl (C=O) groups is 1. The number of carbonyl (C=O) groups excluding carboxylic acids is 1. The number of benzene rings is 2. The highest BCUT2D eigenvalue weighted by atomic mass is 35.5. The van der Waals surface area contributed by atoms with E-state index in [4.69, 9.17) is 17.3 Å². The molecule has 0 spiro atoms. The Morgan fingerprint density at radius 3 is 2.27 bits per heavy atom. The lowest BCUT2D eigenvalue weighted by atomic mass is 10.0. The Labute approximate surface area is 134 Å². The second-order valence-corrected chi connectivity index (χ2v) is 6.84. The van der Waals surface area contributed by atoms with Gasteiger partial charge in [-0.15, -0.1) is 0 Å². The van der Waals surface area contributed by atoms with Gasteiger partial charge in [0, 0.05) is 5.69 Å². The van der Waals surface area contributed by atoms with Crippen molar-refractivity contribution in [2.75, 3.05) is 4.72 Å². The van der Waals surface area contributed by atoms with Crippen LogP contribution in [0.25, 0.3) is 0 Å². The standard InChI is InChI=1S/C15H15ClN2O3S/c1-10(15(17)19)11-6-8-12(9-7-11)18-22(20,21)14-5-3-2-4-13(14)16/h2-10,18H,1H3,(H2,17,19)/t10-/m1/s1. The Balaban J connectivity index is 2.24. The molecule has 0 bridgehead atoms. The highest BCUT2D eigenvalue weighted by molar-refractivity contribution is 7.92. The van der Waals surface area contributed by atoms with Crippen LogP contribution in [-0.2, 0) is 14.8 Å². The first-order valence-corrected chi connectivity index (χ1v) is 8.34. The molecule has 0 saturated heterocycles. The number of nitrogens with two attached hydrogens (primary N) is 1. The van der Waals surface area contributed by atoms with Crippen LogP contribution < -0.4 is 10.5 Å². The molecule has 0 fully saturated rings. The molecule has 0 aliphatic carbocycles. The van der Waals surface area contributed by atoms with Crippen molar-refractivity contribution in [3.63, 3.8) is 0 Å². The van der Waals surface area contributed by atoms with Crippen molar-refractivity contribution in [1.82, 2.24) is 0 Å². The molecule has 1 amide bonds. The largest absolute Gasteiger partial charge is 0.369 e. The summed E-state index contributed by atoms with van der Waals surface area (Å²) >= 11 is 5.91. The van der Waals surface area contributed by atoms with Gasteiger partial charge in [-0.05, 0) is 36.8 Å². The topological polar surface area (TPSA) is 89.3 Å². The molecule has 0 aliphatic heterocycles. The number of sulfonamides is 1. The highest BCUT2D eigenvalue weighted by Gasteiger charge is 2.18. The van der Waals surface area contributed by atoms with Crippen molar-refractivity contribution in [3.05, 3.63) is 59.1 Å². The van der Waals surface area contributed by atoms with Gasteiger partial charge >= 0.3 is 0 Å². The van der Waals surface area contributed by atoms with E-state index in [1.54, 1.807) is 43.3 Å². The zero-order valence-electron chi connectivity index (χ0n) is 11.8. The number of amides is 1. The number of hydrogen-bond donors (Lipinski definition) is 2. The predicted molar refractivity (Wildman–Crippen MR) is 86.3 cm³/mol. The van der Waals surface area contributed by atoms with Gasteiger partial charge in [-0.3, -0.25) is 9.52 Å². The Bertz CT molecular complexity index is 789. The number of primary amides is 1. The van der Waals surface area contributed by atoms with E-state index in [1.165, 1.54) is 12.1 Å². The number of halogens is 1. The summed E-state index contributed by atoms with van der Waals surface area (Å²) in [5.74, 6) is -0.876. The number of nitrogens with one attached hydrogen (secondary N) is 1. The Morgan fingerprint density at radius 1 is 1.14 bits per heavy atom. The van der Waals surface area contributed by atoms with Crippen molar-refractivity contribution < 1.29 is 13.2 Å². The molecule has 2 aromatic rings. The van der Waals surface area contributed by atoms with Gasteiger partial charge in [-0.2, -0.15) is 0 Å². The lowest BCUT2D eigenvalue weighted by Gasteiger charge is -2.11. The van der Waals surface area contributed by atoms with Gasteiger partial charge in [0.2, 0.25) is 5.91 Å². The summed E-state index contributed by atoms with van der Waals surface area (Å²) < 4.78 is 27.0. The highest BCUT2D eigenvalue weighted by Crippen LogP contribution is 2.24. The fourth-order valence-corrected chi connectivity index (χ4v) is 3.46. The lowest BCUT2D eigenvalue weighted by molar-refractivity contribution is -0.119. The molecule has 3 N–H and O–H groups in total. The summed E-state index contributed by atoms with van der Waals surface area (Å²) in [5.41, 5.74) is 6.33. The molecule has 0 heterocycles. The molecular weight excluding hydrogens is 324 g/mol. The normalized spacial score (nSPS) is 12.6. The van der Waals surface area contributed by atoms with Crippen LogP contribution in [-0.4, -0.2) is 14.3 Å². The van der Waals surface area contributed by atoms with Gasteiger partial charge in [0.1, 0.15) is 4.90 Å². The van der Waals surface area contributed by atoms with Gasteiger partial charge in [0.15, 0.2) is 0 Å². The monoisotopic (exact) mass is 338 g/mol. The molecule has 116 valence electrons. The number of hydrogen-bond acceptors (Lipinski definition) is 3. The van der Waals surface area contributed by atoms with E-state index in [-0.39, 0.29) is 9.92 Å². The molecule has 1 atom stereocenters. The van der Waals surface area contributed by atoms with E-state index >= 15 is 0 Å². The maximum atomic E-state index is 12.3. The lowest BCUT2D eigenvalue weighted by Crippen LogP contribution is -2.18. The molecule has 2 rings (SSSR count). The smallest absolute Gasteiger partial charge is 0.263 e. The van der Waals surface area contributed by atoms with E-state index in [9.17, 15) is 13.2 Å². The molecule has 0 radical (unpaired) electrons.